The minimum Gasteiger partial charge on any atom is -0.467 e. The number of carbonyl (C=O) groups excluding carboxylic acids is 1. The Labute approximate surface area is 194 Å². The summed E-state index contributed by atoms with van der Waals surface area (Å²) in [7, 11) is 0. The Balaban J connectivity index is 1.32. The number of hydrogen-bond acceptors (Lipinski definition) is 6. The van der Waals surface area contributed by atoms with Crippen LogP contribution in [0.15, 0.2) is 68.9 Å². The highest BCUT2D eigenvalue weighted by molar-refractivity contribution is 6.01. The highest BCUT2D eigenvalue weighted by Crippen LogP contribution is 2.34. The summed E-state index contributed by atoms with van der Waals surface area (Å²) in [4.78, 5) is 15.8. The molecule has 1 N–H and O–H groups in total. The standard InChI is InChI=1S/C26H30N4O3/c1-17(2)18(3)29-15-19-7-4-8-21(20(19)16-29)27-14-26(31)30-23(25-10-6-12-33-25)13-22(28-30)24-9-5-11-32-24/h4-12,17-18,23,27H,13-16H2,1-3H3. The molecule has 7 nitrogen and oxygen atoms in total. The van der Waals surface area contributed by atoms with Crippen LogP contribution in [0.25, 0.3) is 0 Å². The topological polar surface area (TPSA) is 74.2 Å². The van der Waals surface area contributed by atoms with Gasteiger partial charge in [-0.2, -0.15) is 5.10 Å². The van der Waals surface area contributed by atoms with Crippen LogP contribution in [0.3, 0.4) is 0 Å². The lowest BCUT2D eigenvalue weighted by molar-refractivity contribution is -0.131. The summed E-state index contributed by atoms with van der Waals surface area (Å²) < 4.78 is 11.1. The molecule has 1 aromatic carbocycles. The Bertz CT molecular complexity index is 1130. The molecule has 2 aliphatic rings. The SMILES string of the molecule is CC(C)C(C)N1Cc2cccc(NCC(=O)N3N=C(c4ccco4)CC3c3ccco3)c2C1. The number of furan rings is 2. The van der Waals surface area contributed by atoms with Crippen LogP contribution in [0, 0.1) is 5.92 Å². The molecule has 2 atom stereocenters. The van der Waals surface area contributed by atoms with Crippen molar-refractivity contribution in [1.29, 1.82) is 0 Å². The van der Waals surface area contributed by atoms with E-state index in [0.717, 1.165) is 24.5 Å². The summed E-state index contributed by atoms with van der Waals surface area (Å²) in [5, 5.41) is 9.52. The average Bonchev–Trinajstić information content (AvgIpc) is 3.61. The first-order chi connectivity index (χ1) is 16.0. The summed E-state index contributed by atoms with van der Waals surface area (Å²) in [6.07, 6.45) is 3.79. The van der Waals surface area contributed by atoms with Gasteiger partial charge in [-0.1, -0.05) is 26.0 Å². The molecular weight excluding hydrogens is 416 g/mol. The van der Waals surface area contributed by atoms with Crippen LogP contribution in [0.4, 0.5) is 5.69 Å². The molecule has 0 saturated carbocycles. The fraction of sp³-hybridized carbons (Fsp3) is 0.385. The second-order valence-corrected chi connectivity index (χ2v) is 9.18. The molecular formula is C26H30N4O3. The number of hydrazone groups is 1. The van der Waals surface area contributed by atoms with Crippen LogP contribution in [0.1, 0.15) is 55.9 Å². The molecule has 0 spiro atoms. The molecule has 0 saturated heterocycles. The number of nitrogens with one attached hydrogen (secondary N) is 1. The first-order valence-corrected chi connectivity index (χ1v) is 11.6. The lowest BCUT2D eigenvalue weighted by Crippen LogP contribution is -2.33. The monoisotopic (exact) mass is 446 g/mol. The zero-order valence-electron chi connectivity index (χ0n) is 19.3. The molecule has 2 aromatic heterocycles. The van der Waals surface area contributed by atoms with Crippen molar-refractivity contribution in [3.05, 3.63) is 77.6 Å². The van der Waals surface area contributed by atoms with E-state index in [0.29, 0.717) is 29.9 Å². The van der Waals surface area contributed by atoms with Gasteiger partial charge in [-0.3, -0.25) is 9.69 Å². The van der Waals surface area contributed by atoms with E-state index in [2.05, 4.69) is 54.3 Å². The van der Waals surface area contributed by atoms with Crippen molar-refractivity contribution in [3.63, 3.8) is 0 Å². The van der Waals surface area contributed by atoms with Gasteiger partial charge in [0.25, 0.3) is 5.91 Å². The van der Waals surface area contributed by atoms with Crippen LogP contribution in [-0.2, 0) is 17.9 Å². The first-order valence-electron chi connectivity index (χ1n) is 11.6. The smallest absolute Gasteiger partial charge is 0.262 e. The molecule has 0 fully saturated rings. The minimum atomic E-state index is -0.279. The number of amides is 1. The normalized spacial score (nSPS) is 19.1. The molecule has 0 bridgehead atoms. The van der Waals surface area contributed by atoms with Crippen molar-refractivity contribution in [2.75, 3.05) is 11.9 Å². The molecule has 2 unspecified atom stereocenters. The van der Waals surface area contributed by atoms with Crippen LogP contribution in [-0.4, -0.2) is 34.1 Å². The van der Waals surface area contributed by atoms with Crippen molar-refractivity contribution in [1.82, 2.24) is 9.91 Å². The molecule has 0 radical (unpaired) electrons. The first kappa shape index (κ1) is 21.5. The zero-order valence-corrected chi connectivity index (χ0v) is 19.3. The van der Waals surface area contributed by atoms with Crippen molar-refractivity contribution < 1.29 is 13.6 Å². The quantitative estimate of drug-likeness (QED) is 0.551. The maximum absolute atomic E-state index is 13.3. The largest absolute Gasteiger partial charge is 0.467 e. The van der Waals surface area contributed by atoms with E-state index in [4.69, 9.17) is 8.83 Å². The van der Waals surface area contributed by atoms with Crippen LogP contribution in [0.5, 0.6) is 0 Å². The van der Waals surface area contributed by atoms with Gasteiger partial charge in [-0.25, -0.2) is 5.01 Å². The number of nitrogens with zero attached hydrogens (tertiary/aromatic N) is 3. The van der Waals surface area contributed by atoms with E-state index in [9.17, 15) is 4.79 Å². The van der Waals surface area contributed by atoms with Gasteiger partial charge in [0.05, 0.1) is 19.1 Å². The maximum Gasteiger partial charge on any atom is 0.262 e. The van der Waals surface area contributed by atoms with Gasteiger partial charge in [0.15, 0.2) is 0 Å². The van der Waals surface area contributed by atoms with E-state index in [1.54, 1.807) is 12.5 Å². The van der Waals surface area contributed by atoms with Crippen molar-refractivity contribution in [2.24, 2.45) is 11.0 Å². The minimum absolute atomic E-state index is 0.110. The molecule has 1 amide bonds. The van der Waals surface area contributed by atoms with Crippen molar-refractivity contribution in [3.8, 4) is 0 Å². The molecule has 7 heteroatoms. The van der Waals surface area contributed by atoms with Crippen molar-refractivity contribution in [2.45, 2.75) is 52.4 Å². The number of rotatable bonds is 7. The van der Waals surface area contributed by atoms with E-state index >= 15 is 0 Å². The average molecular weight is 447 g/mol. The van der Waals surface area contributed by atoms with Gasteiger partial charge in [-0.05, 0) is 54.3 Å². The van der Waals surface area contributed by atoms with Gasteiger partial charge in [0.1, 0.15) is 23.3 Å². The van der Waals surface area contributed by atoms with Crippen LogP contribution < -0.4 is 5.32 Å². The Morgan fingerprint density at radius 3 is 2.64 bits per heavy atom. The lowest BCUT2D eigenvalue weighted by atomic mass is 10.1. The molecule has 33 heavy (non-hydrogen) atoms. The second kappa shape index (κ2) is 8.90. The summed E-state index contributed by atoms with van der Waals surface area (Å²) in [6, 6.07) is 13.9. The van der Waals surface area contributed by atoms with Gasteiger partial charge < -0.3 is 14.2 Å². The summed E-state index contributed by atoms with van der Waals surface area (Å²) in [5.41, 5.74) is 4.37. The number of fused-ring (bicyclic) bond motifs is 1. The third-order valence-corrected chi connectivity index (χ3v) is 6.82. The molecule has 5 rings (SSSR count). The van der Waals surface area contributed by atoms with Gasteiger partial charge in [0, 0.05) is 31.2 Å². The molecule has 172 valence electrons. The predicted molar refractivity (Wildman–Crippen MR) is 127 cm³/mol. The predicted octanol–water partition coefficient (Wildman–Crippen LogP) is 5.02. The molecule has 2 aliphatic heterocycles. The Hall–Kier alpha value is -3.32. The molecule has 4 heterocycles. The van der Waals surface area contributed by atoms with E-state index < -0.39 is 0 Å². The fourth-order valence-electron chi connectivity index (χ4n) is 4.61. The highest BCUT2D eigenvalue weighted by Gasteiger charge is 2.35. The fourth-order valence-corrected chi connectivity index (χ4v) is 4.61. The maximum atomic E-state index is 13.3. The van der Waals surface area contributed by atoms with Gasteiger partial charge in [-0.15, -0.1) is 0 Å². The van der Waals surface area contributed by atoms with Crippen LogP contribution >= 0.6 is 0 Å². The summed E-state index contributed by atoms with van der Waals surface area (Å²) >= 11 is 0. The van der Waals surface area contributed by atoms with Gasteiger partial charge in [0.2, 0.25) is 0 Å². The lowest BCUT2D eigenvalue weighted by Gasteiger charge is -2.27. The highest BCUT2D eigenvalue weighted by atomic mass is 16.3. The zero-order chi connectivity index (χ0) is 22.9. The molecule has 3 aromatic rings. The third-order valence-electron chi connectivity index (χ3n) is 6.82. The Morgan fingerprint density at radius 2 is 1.91 bits per heavy atom. The third kappa shape index (κ3) is 4.20. The van der Waals surface area contributed by atoms with Crippen LogP contribution in [0.2, 0.25) is 0 Å². The second-order valence-electron chi connectivity index (χ2n) is 9.18. The van der Waals surface area contributed by atoms with Crippen molar-refractivity contribution >= 4 is 17.3 Å². The van der Waals surface area contributed by atoms with E-state index in [-0.39, 0.29) is 18.5 Å². The van der Waals surface area contributed by atoms with E-state index in [1.165, 1.54) is 16.1 Å². The Kier molecular flexibility index (Phi) is 5.81. The number of hydrogen-bond donors (Lipinski definition) is 1. The summed E-state index contributed by atoms with van der Waals surface area (Å²) in [5.74, 6) is 1.87. The Morgan fingerprint density at radius 1 is 1.09 bits per heavy atom. The van der Waals surface area contributed by atoms with E-state index in [1.807, 2.05) is 24.3 Å². The van der Waals surface area contributed by atoms with Gasteiger partial charge >= 0.3 is 0 Å². The summed E-state index contributed by atoms with van der Waals surface area (Å²) in [6.45, 7) is 8.79. The number of anilines is 1. The molecule has 0 aliphatic carbocycles. The number of benzene rings is 1. The number of carbonyl (C=O) groups is 1.